The summed E-state index contributed by atoms with van der Waals surface area (Å²) in [6.45, 7) is 7.88. The first-order valence-electron chi connectivity index (χ1n) is 11.7. The lowest BCUT2D eigenvalue weighted by Crippen LogP contribution is -2.54. The number of benzene rings is 1. The molecule has 0 saturated heterocycles. The molecule has 1 aromatic carbocycles. The fourth-order valence-corrected chi connectivity index (χ4v) is 3.94. The molecule has 0 radical (unpaired) electrons. The van der Waals surface area contributed by atoms with Gasteiger partial charge in [0.25, 0.3) is 0 Å². The standard InChI is InChI=1S/C25H39N3O7S/c1-16-9-8-10-18(17(16)2)21(22(31)26-15-20(30)34-6)28(12-13-29)23(32)19(11-14-36-7)27-24(33)35-25(3,4)5/h8-10,19,21,29H,11-15H2,1-7H3,(H,26,31)(H,27,33). The van der Waals surface area contributed by atoms with E-state index in [1.807, 2.05) is 26.2 Å². The number of alkyl carbamates (subject to hydrolysis) is 1. The number of nitrogens with zero attached hydrogens (tertiary/aromatic N) is 1. The number of hydrogen-bond acceptors (Lipinski definition) is 8. The second kappa shape index (κ2) is 14.7. The molecule has 1 rings (SSSR count). The van der Waals surface area contributed by atoms with Gasteiger partial charge in [-0.15, -0.1) is 0 Å². The molecule has 2 atom stereocenters. The van der Waals surface area contributed by atoms with Gasteiger partial charge in [0.2, 0.25) is 11.8 Å². The monoisotopic (exact) mass is 525 g/mol. The minimum Gasteiger partial charge on any atom is -0.468 e. The number of hydrogen-bond donors (Lipinski definition) is 3. The maximum absolute atomic E-state index is 13.8. The number of methoxy groups -OCH3 is 1. The van der Waals surface area contributed by atoms with Gasteiger partial charge in [-0.25, -0.2) is 4.79 Å². The first kappa shape index (κ1) is 31.2. The number of aliphatic hydroxyl groups is 1. The highest BCUT2D eigenvalue weighted by molar-refractivity contribution is 7.98. The Morgan fingerprint density at radius 1 is 1.17 bits per heavy atom. The minimum absolute atomic E-state index is 0.172. The van der Waals surface area contributed by atoms with Gasteiger partial charge in [0, 0.05) is 6.54 Å². The number of aliphatic hydroxyl groups excluding tert-OH is 1. The van der Waals surface area contributed by atoms with Crippen LogP contribution in [0.5, 0.6) is 0 Å². The minimum atomic E-state index is -1.16. The highest BCUT2D eigenvalue weighted by Gasteiger charge is 2.36. The van der Waals surface area contributed by atoms with Gasteiger partial charge in [0.1, 0.15) is 24.2 Å². The second-order valence-electron chi connectivity index (χ2n) is 9.22. The molecule has 10 nitrogen and oxygen atoms in total. The van der Waals surface area contributed by atoms with Crippen LogP contribution in [-0.2, 0) is 23.9 Å². The number of esters is 1. The molecule has 0 aliphatic carbocycles. The number of aryl methyl sites for hydroxylation is 1. The van der Waals surface area contributed by atoms with E-state index in [1.54, 1.807) is 32.9 Å². The molecule has 0 saturated carbocycles. The van der Waals surface area contributed by atoms with Crippen LogP contribution in [0.4, 0.5) is 4.79 Å². The highest BCUT2D eigenvalue weighted by Crippen LogP contribution is 2.27. The lowest BCUT2D eigenvalue weighted by Gasteiger charge is -2.35. The van der Waals surface area contributed by atoms with E-state index in [4.69, 9.17) is 4.74 Å². The summed E-state index contributed by atoms with van der Waals surface area (Å²) >= 11 is 1.50. The van der Waals surface area contributed by atoms with Crippen molar-refractivity contribution in [2.24, 2.45) is 0 Å². The Labute approximate surface area is 217 Å². The van der Waals surface area contributed by atoms with Gasteiger partial charge in [-0.2, -0.15) is 11.8 Å². The molecule has 3 N–H and O–H groups in total. The molecule has 0 spiro atoms. The lowest BCUT2D eigenvalue weighted by molar-refractivity contribution is -0.145. The Bertz CT molecular complexity index is 917. The smallest absolute Gasteiger partial charge is 0.408 e. The molecule has 11 heteroatoms. The van der Waals surface area contributed by atoms with Crippen LogP contribution in [0.15, 0.2) is 18.2 Å². The number of nitrogens with one attached hydrogen (secondary N) is 2. The van der Waals surface area contributed by atoms with Crippen LogP contribution in [0.25, 0.3) is 0 Å². The van der Waals surface area contributed by atoms with E-state index < -0.39 is 48.2 Å². The van der Waals surface area contributed by atoms with Gasteiger partial charge in [0.05, 0.1) is 13.7 Å². The lowest BCUT2D eigenvalue weighted by atomic mass is 9.95. The van der Waals surface area contributed by atoms with Gasteiger partial charge in [-0.3, -0.25) is 14.4 Å². The third kappa shape index (κ3) is 9.69. The van der Waals surface area contributed by atoms with Gasteiger partial charge in [-0.05, 0) is 69.7 Å². The molecule has 3 amide bonds. The van der Waals surface area contributed by atoms with Crippen molar-refractivity contribution >= 4 is 35.6 Å². The summed E-state index contributed by atoms with van der Waals surface area (Å²) in [7, 11) is 1.21. The van der Waals surface area contributed by atoms with Crippen LogP contribution in [-0.4, -0.2) is 84.3 Å². The third-order valence-electron chi connectivity index (χ3n) is 5.36. The molecule has 0 aromatic heterocycles. The van der Waals surface area contributed by atoms with Crippen LogP contribution in [0, 0.1) is 13.8 Å². The summed E-state index contributed by atoms with van der Waals surface area (Å²) in [5.41, 5.74) is 1.46. The zero-order valence-electron chi connectivity index (χ0n) is 22.2. The molecule has 202 valence electrons. The van der Waals surface area contributed by atoms with E-state index >= 15 is 0 Å². The first-order chi connectivity index (χ1) is 16.9. The summed E-state index contributed by atoms with van der Waals surface area (Å²) in [4.78, 5) is 52.6. The van der Waals surface area contributed by atoms with Crippen LogP contribution in [0.1, 0.15) is 49.9 Å². The van der Waals surface area contributed by atoms with Gasteiger partial charge >= 0.3 is 12.1 Å². The SMILES string of the molecule is COC(=O)CNC(=O)C(c1cccc(C)c1C)N(CCO)C(=O)C(CCSC)NC(=O)OC(C)(C)C. The number of thioether (sulfide) groups is 1. The topological polar surface area (TPSA) is 134 Å². The third-order valence-corrected chi connectivity index (χ3v) is 6.00. The number of ether oxygens (including phenoxy) is 2. The summed E-state index contributed by atoms with van der Waals surface area (Å²) in [6.07, 6.45) is 1.40. The normalized spacial score (nSPS) is 12.8. The fourth-order valence-electron chi connectivity index (χ4n) is 3.47. The van der Waals surface area contributed by atoms with E-state index in [0.717, 1.165) is 11.1 Å². The van der Waals surface area contributed by atoms with Crippen LogP contribution in [0.3, 0.4) is 0 Å². The predicted octanol–water partition coefficient (Wildman–Crippen LogP) is 2.10. The van der Waals surface area contributed by atoms with E-state index in [0.29, 0.717) is 11.3 Å². The number of amides is 3. The van der Waals surface area contributed by atoms with Crippen molar-refractivity contribution < 1.29 is 33.8 Å². The molecule has 1 aromatic rings. The van der Waals surface area contributed by atoms with Gasteiger partial charge < -0.3 is 30.1 Å². The van der Waals surface area contributed by atoms with Crippen molar-refractivity contribution in [1.82, 2.24) is 15.5 Å². The summed E-state index contributed by atoms with van der Waals surface area (Å²) in [5, 5.41) is 15.0. The number of carbonyl (C=O) groups is 4. The molecule has 0 bridgehead atoms. The van der Waals surface area contributed by atoms with Crippen molar-refractivity contribution in [2.45, 2.75) is 58.7 Å². The van der Waals surface area contributed by atoms with Crippen LogP contribution in [0.2, 0.25) is 0 Å². The Hall–Kier alpha value is -2.79. The van der Waals surface area contributed by atoms with Gasteiger partial charge in [0.15, 0.2) is 0 Å². The van der Waals surface area contributed by atoms with Crippen LogP contribution >= 0.6 is 11.8 Å². The van der Waals surface area contributed by atoms with E-state index in [2.05, 4.69) is 15.4 Å². The largest absolute Gasteiger partial charge is 0.468 e. The zero-order valence-corrected chi connectivity index (χ0v) is 23.0. The van der Waals surface area contributed by atoms with Gasteiger partial charge in [-0.1, -0.05) is 18.2 Å². The molecule has 0 aliphatic rings. The van der Waals surface area contributed by atoms with Crippen molar-refractivity contribution in [3.05, 3.63) is 34.9 Å². The van der Waals surface area contributed by atoms with Crippen molar-refractivity contribution in [3.8, 4) is 0 Å². The Balaban J connectivity index is 3.47. The fraction of sp³-hybridized carbons (Fsp3) is 0.600. The van der Waals surface area contributed by atoms with E-state index in [-0.39, 0.29) is 19.5 Å². The summed E-state index contributed by atoms with van der Waals surface area (Å²) in [6, 6.07) is 3.21. The number of carbonyl (C=O) groups excluding carboxylic acids is 4. The van der Waals surface area contributed by atoms with E-state index in [1.165, 1.54) is 23.8 Å². The average Bonchev–Trinajstić information content (AvgIpc) is 2.80. The van der Waals surface area contributed by atoms with Crippen molar-refractivity contribution in [1.29, 1.82) is 0 Å². The molecule has 36 heavy (non-hydrogen) atoms. The van der Waals surface area contributed by atoms with E-state index in [9.17, 15) is 24.3 Å². The second-order valence-corrected chi connectivity index (χ2v) is 10.2. The Morgan fingerprint density at radius 3 is 2.39 bits per heavy atom. The molecular formula is C25H39N3O7S. The maximum atomic E-state index is 13.8. The predicted molar refractivity (Wildman–Crippen MR) is 139 cm³/mol. The van der Waals surface area contributed by atoms with Crippen molar-refractivity contribution in [3.63, 3.8) is 0 Å². The van der Waals surface area contributed by atoms with Crippen LogP contribution < -0.4 is 10.6 Å². The first-order valence-corrected chi connectivity index (χ1v) is 13.1. The highest BCUT2D eigenvalue weighted by atomic mass is 32.2. The Morgan fingerprint density at radius 2 is 1.83 bits per heavy atom. The average molecular weight is 526 g/mol. The quantitative estimate of drug-likeness (QED) is 0.353. The summed E-state index contributed by atoms with van der Waals surface area (Å²) < 4.78 is 9.95. The molecular weight excluding hydrogens is 486 g/mol. The molecule has 2 unspecified atom stereocenters. The number of rotatable bonds is 12. The molecule has 0 fully saturated rings. The zero-order chi connectivity index (χ0) is 27.5. The maximum Gasteiger partial charge on any atom is 0.408 e. The van der Waals surface area contributed by atoms with Crippen molar-refractivity contribution in [2.75, 3.05) is 38.8 Å². The molecule has 0 aliphatic heterocycles. The summed E-state index contributed by atoms with van der Waals surface area (Å²) in [5.74, 6) is -1.26. The molecule has 0 heterocycles. The Kier molecular flexibility index (Phi) is 12.8.